The van der Waals surface area contributed by atoms with Gasteiger partial charge in [-0.05, 0) is 24.3 Å². The molecule has 3 rings (SSSR count). The summed E-state index contributed by atoms with van der Waals surface area (Å²) in [6.45, 7) is 0. The number of H-pyrrole nitrogens is 2. The summed E-state index contributed by atoms with van der Waals surface area (Å²) in [5, 5.41) is 0. The molecule has 124 valence electrons. The van der Waals surface area contributed by atoms with Crippen LogP contribution in [0, 0.1) is 0 Å². The molecule has 3 aromatic rings. The van der Waals surface area contributed by atoms with Gasteiger partial charge in [0.1, 0.15) is 5.75 Å². The molecule has 0 unspecified atom stereocenters. The average molecular weight is 327 g/mol. The Morgan fingerprint density at radius 1 is 0.875 bits per heavy atom. The van der Waals surface area contributed by atoms with E-state index in [0.29, 0.717) is 28.5 Å². The number of ether oxygens (including phenoxy) is 3. The van der Waals surface area contributed by atoms with Gasteiger partial charge in [0, 0.05) is 17.8 Å². The van der Waals surface area contributed by atoms with Crippen molar-refractivity contribution in [1.82, 2.24) is 9.97 Å². The Morgan fingerprint density at radius 2 is 1.54 bits per heavy atom. The molecule has 2 aromatic carbocycles. The maximum Gasteiger partial charge on any atom is 0.323 e. The highest BCUT2D eigenvalue weighted by molar-refractivity contribution is 5.88. The summed E-state index contributed by atoms with van der Waals surface area (Å²) in [6.07, 6.45) is 1.67. The van der Waals surface area contributed by atoms with E-state index in [4.69, 9.17) is 14.2 Å². The smallest absolute Gasteiger partial charge is 0.323 e. The van der Waals surface area contributed by atoms with E-state index < -0.39 is 0 Å². The minimum absolute atomic E-state index is 0.243. The number of nitrogens with zero attached hydrogens (tertiary/aromatic N) is 1. The lowest BCUT2D eigenvalue weighted by molar-refractivity contribution is 0.349. The lowest BCUT2D eigenvalue weighted by Crippen LogP contribution is -1.99. The second kappa shape index (κ2) is 6.49. The van der Waals surface area contributed by atoms with Crippen molar-refractivity contribution in [2.24, 2.45) is 4.99 Å². The van der Waals surface area contributed by atoms with Crippen molar-refractivity contribution in [3.63, 3.8) is 0 Å². The minimum Gasteiger partial charge on any atom is -0.496 e. The zero-order valence-electron chi connectivity index (χ0n) is 13.5. The number of imidazole rings is 1. The predicted molar refractivity (Wildman–Crippen MR) is 92.3 cm³/mol. The Bertz CT molecular complexity index is 956. The van der Waals surface area contributed by atoms with Gasteiger partial charge in [-0.2, -0.15) is 0 Å². The van der Waals surface area contributed by atoms with E-state index in [1.807, 2.05) is 6.07 Å². The number of benzene rings is 2. The van der Waals surface area contributed by atoms with Gasteiger partial charge in [0.05, 0.1) is 38.1 Å². The van der Waals surface area contributed by atoms with Gasteiger partial charge < -0.3 is 24.2 Å². The first-order chi connectivity index (χ1) is 11.6. The van der Waals surface area contributed by atoms with Gasteiger partial charge in [-0.15, -0.1) is 0 Å². The molecule has 1 heterocycles. The van der Waals surface area contributed by atoms with E-state index in [0.717, 1.165) is 11.1 Å². The van der Waals surface area contributed by atoms with Crippen molar-refractivity contribution >= 4 is 22.9 Å². The third-order valence-corrected chi connectivity index (χ3v) is 3.59. The lowest BCUT2D eigenvalue weighted by Gasteiger charge is -2.11. The molecular formula is C17H17N3O4. The van der Waals surface area contributed by atoms with Gasteiger partial charge in [-0.3, -0.25) is 4.99 Å². The minimum atomic E-state index is -0.243. The zero-order valence-corrected chi connectivity index (χ0v) is 13.5. The molecule has 0 aliphatic rings. The van der Waals surface area contributed by atoms with E-state index in [-0.39, 0.29) is 5.69 Å². The number of aliphatic imine (C=N–C) groups is 1. The summed E-state index contributed by atoms with van der Waals surface area (Å²) >= 11 is 0. The highest BCUT2D eigenvalue weighted by Crippen LogP contribution is 2.34. The molecule has 0 atom stereocenters. The first kappa shape index (κ1) is 15.7. The molecule has 1 aromatic heterocycles. The highest BCUT2D eigenvalue weighted by atomic mass is 16.5. The number of methoxy groups -OCH3 is 3. The molecule has 7 nitrogen and oxygen atoms in total. The van der Waals surface area contributed by atoms with Gasteiger partial charge in [-0.1, -0.05) is 0 Å². The molecule has 0 aliphatic heterocycles. The van der Waals surface area contributed by atoms with Crippen LogP contribution in [0.1, 0.15) is 5.56 Å². The van der Waals surface area contributed by atoms with Crippen LogP contribution in [0.5, 0.6) is 17.2 Å². The Hall–Kier alpha value is -3.22. The Labute approximate surface area is 137 Å². The SMILES string of the molecule is COc1cc(OC)c(OC)cc1C=Nc1ccc2[nH]c(=O)[nH]c2c1. The Balaban J connectivity index is 1.98. The number of hydrogen-bond acceptors (Lipinski definition) is 5. The van der Waals surface area contributed by atoms with Crippen molar-refractivity contribution in [3.05, 3.63) is 46.4 Å². The molecule has 0 aliphatic carbocycles. The van der Waals surface area contributed by atoms with Crippen LogP contribution in [-0.4, -0.2) is 37.5 Å². The van der Waals surface area contributed by atoms with Crippen LogP contribution < -0.4 is 19.9 Å². The van der Waals surface area contributed by atoms with Crippen LogP contribution in [-0.2, 0) is 0 Å². The van der Waals surface area contributed by atoms with E-state index in [1.165, 1.54) is 0 Å². The topological polar surface area (TPSA) is 88.7 Å². The Kier molecular flexibility index (Phi) is 4.24. The number of rotatable bonds is 5. The van der Waals surface area contributed by atoms with Crippen LogP contribution >= 0.6 is 0 Å². The molecule has 0 amide bonds. The summed E-state index contributed by atoms with van der Waals surface area (Å²) < 4.78 is 15.9. The summed E-state index contributed by atoms with van der Waals surface area (Å²) in [6, 6.07) is 8.93. The summed E-state index contributed by atoms with van der Waals surface area (Å²) in [5.74, 6) is 1.79. The fourth-order valence-electron chi connectivity index (χ4n) is 2.40. The number of fused-ring (bicyclic) bond motifs is 1. The lowest BCUT2D eigenvalue weighted by atomic mass is 10.2. The van der Waals surface area contributed by atoms with Crippen LogP contribution in [0.15, 0.2) is 40.1 Å². The van der Waals surface area contributed by atoms with E-state index in [1.54, 1.807) is 51.8 Å². The molecule has 0 fully saturated rings. The van der Waals surface area contributed by atoms with Gasteiger partial charge in [0.15, 0.2) is 11.5 Å². The Morgan fingerprint density at radius 3 is 2.25 bits per heavy atom. The highest BCUT2D eigenvalue weighted by Gasteiger charge is 2.10. The maximum absolute atomic E-state index is 11.3. The average Bonchev–Trinajstić information content (AvgIpc) is 2.98. The fourth-order valence-corrected chi connectivity index (χ4v) is 2.40. The van der Waals surface area contributed by atoms with Crippen LogP contribution in [0.25, 0.3) is 11.0 Å². The number of nitrogens with one attached hydrogen (secondary N) is 2. The summed E-state index contributed by atoms with van der Waals surface area (Å²) in [7, 11) is 4.72. The van der Waals surface area contributed by atoms with E-state index >= 15 is 0 Å². The van der Waals surface area contributed by atoms with E-state index in [2.05, 4.69) is 15.0 Å². The third kappa shape index (κ3) is 2.96. The van der Waals surface area contributed by atoms with Crippen molar-refractivity contribution in [3.8, 4) is 17.2 Å². The molecular weight excluding hydrogens is 310 g/mol. The number of aromatic amines is 2. The van der Waals surface area contributed by atoms with Crippen molar-refractivity contribution in [1.29, 1.82) is 0 Å². The van der Waals surface area contributed by atoms with Gasteiger partial charge in [0.2, 0.25) is 0 Å². The molecule has 24 heavy (non-hydrogen) atoms. The van der Waals surface area contributed by atoms with Crippen molar-refractivity contribution < 1.29 is 14.2 Å². The first-order valence-electron chi connectivity index (χ1n) is 7.20. The standard InChI is InChI=1S/C17H17N3O4/c1-22-14-8-16(24-3)15(23-2)6-10(14)9-18-11-4-5-12-13(7-11)20-17(21)19-12/h4-9H,1-3H3,(H2,19,20,21). The molecule has 0 bridgehead atoms. The van der Waals surface area contributed by atoms with Crippen molar-refractivity contribution in [2.45, 2.75) is 0 Å². The van der Waals surface area contributed by atoms with Crippen molar-refractivity contribution in [2.75, 3.05) is 21.3 Å². The van der Waals surface area contributed by atoms with Crippen LogP contribution in [0.2, 0.25) is 0 Å². The second-order valence-corrected chi connectivity index (χ2v) is 5.02. The van der Waals surface area contributed by atoms with E-state index in [9.17, 15) is 4.79 Å². The van der Waals surface area contributed by atoms with Crippen LogP contribution in [0.4, 0.5) is 5.69 Å². The zero-order chi connectivity index (χ0) is 17.1. The fraction of sp³-hybridized carbons (Fsp3) is 0.176. The molecule has 0 saturated carbocycles. The summed E-state index contributed by atoms with van der Waals surface area (Å²) in [5.41, 5.74) is 2.65. The predicted octanol–water partition coefficient (Wildman–Crippen LogP) is 2.63. The monoisotopic (exact) mass is 327 g/mol. The quantitative estimate of drug-likeness (QED) is 0.705. The molecule has 2 N–H and O–H groups in total. The number of aromatic nitrogens is 2. The normalized spacial score (nSPS) is 11.1. The molecule has 0 saturated heterocycles. The number of hydrogen-bond donors (Lipinski definition) is 2. The molecule has 7 heteroatoms. The largest absolute Gasteiger partial charge is 0.496 e. The summed E-state index contributed by atoms with van der Waals surface area (Å²) in [4.78, 5) is 21.1. The van der Waals surface area contributed by atoms with Gasteiger partial charge in [0.25, 0.3) is 0 Å². The van der Waals surface area contributed by atoms with Gasteiger partial charge in [-0.25, -0.2) is 4.79 Å². The third-order valence-electron chi connectivity index (χ3n) is 3.59. The maximum atomic E-state index is 11.3. The molecule has 0 radical (unpaired) electrons. The van der Waals surface area contributed by atoms with Gasteiger partial charge >= 0.3 is 5.69 Å². The second-order valence-electron chi connectivity index (χ2n) is 5.02. The molecule has 0 spiro atoms. The first-order valence-corrected chi connectivity index (χ1v) is 7.20. The van der Waals surface area contributed by atoms with Crippen LogP contribution in [0.3, 0.4) is 0 Å².